The highest BCUT2D eigenvalue weighted by Crippen LogP contribution is 2.10. The van der Waals surface area contributed by atoms with Gasteiger partial charge < -0.3 is 0 Å². The second-order valence-electron chi connectivity index (χ2n) is 3.51. The third-order valence-electron chi connectivity index (χ3n) is 2.27. The van der Waals surface area contributed by atoms with Crippen molar-refractivity contribution in [3.8, 4) is 0 Å². The van der Waals surface area contributed by atoms with Gasteiger partial charge in [0.2, 0.25) is 0 Å². The van der Waals surface area contributed by atoms with Crippen LogP contribution in [0.15, 0.2) is 30.3 Å². The molecule has 0 nitrogen and oxygen atoms in total. The minimum Gasteiger partial charge on any atom is -0.0928 e. The van der Waals surface area contributed by atoms with Gasteiger partial charge in [-0.2, -0.15) is 0 Å². The Balaban J connectivity index is 1.99. The lowest BCUT2D eigenvalue weighted by Crippen LogP contribution is -1.83. The Bertz CT molecular complexity index is 218. The quantitative estimate of drug-likeness (QED) is 0.493. The molecule has 0 bridgehead atoms. The number of hydrogen-bond acceptors (Lipinski definition) is 0. The molecule has 1 aromatic carbocycles. The van der Waals surface area contributed by atoms with E-state index in [0.29, 0.717) is 0 Å². The minimum atomic E-state index is 1.15. The van der Waals surface area contributed by atoms with Crippen LogP contribution in [0.3, 0.4) is 0 Å². The zero-order valence-electron chi connectivity index (χ0n) is 8.58. The monoisotopic (exact) mass is 253 g/mol. The molecule has 0 aromatic heterocycles. The van der Waals surface area contributed by atoms with Crippen molar-refractivity contribution in [3.63, 3.8) is 0 Å². The van der Waals surface area contributed by atoms with Gasteiger partial charge in [0.15, 0.2) is 0 Å². The first-order chi connectivity index (χ1) is 6.93. The van der Waals surface area contributed by atoms with Crippen LogP contribution in [0.5, 0.6) is 0 Å². The van der Waals surface area contributed by atoms with Crippen LogP contribution in [0.25, 0.3) is 0 Å². The third-order valence-corrected chi connectivity index (χ3v) is 2.83. The molecule has 0 saturated carbocycles. The number of halogens is 1. The van der Waals surface area contributed by atoms with Gasteiger partial charge in [0.25, 0.3) is 0 Å². The van der Waals surface area contributed by atoms with Gasteiger partial charge in [0.05, 0.1) is 0 Å². The van der Waals surface area contributed by atoms with Crippen LogP contribution in [0.1, 0.15) is 37.7 Å². The molecule has 1 rings (SSSR count). The van der Waals surface area contributed by atoms with E-state index >= 15 is 0 Å². The number of benzene rings is 1. The normalized spacial score (nSPS) is 10.4. The van der Waals surface area contributed by atoms with E-state index in [4.69, 9.17) is 0 Å². The van der Waals surface area contributed by atoms with Crippen molar-refractivity contribution in [2.24, 2.45) is 0 Å². The molecule has 0 atom stereocenters. The Morgan fingerprint density at radius 3 is 2.36 bits per heavy atom. The maximum Gasteiger partial charge on any atom is 0.00313 e. The van der Waals surface area contributed by atoms with Crippen LogP contribution < -0.4 is 0 Å². The Morgan fingerprint density at radius 2 is 1.64 bits per heavy atom. The SMILES string of the molecule is BrCCCCCC[CH]c1ccccc1. The fourth-order valence-electron chi connectivity index (χ4n) is 1.45. The highest BCUT2D eigenvalue weighted by molar-refractivity contribution is 9.09. The topological polar surface area (TPSA) is 0 Å². The molecule has 0 aliphatic carbocycles. The lowest BCUT2D eigenvalue weighted by molar-refractivity contribution is 0.670. The molecule has 0 aliphatic heterocycles. The summed E-state index contributed by atoms with van der Waals surface area (Å²) in [5.41, 5.74) is 1.35. The summed E-state index contributed by atoms with van der Waals surface area (Å²) >= 11 is 3.45. The van der Waals surface area contributed by atoms with Crippen LogP contribution in [-0.2, 0) is 0 Å². The van der Waals surface area contributed by atoms with E-state index in [-0.39, 0.29) is 0 Å². The Morgan fingerprint density at radius 1 is 0.929 bits per heavy atom. The van der Waals surface area contributed by atoms with Crippen molar-refractivity contribution in [3.05, 3.63) is 42.3 Å². The highest BCUT2D eigenvalue weighted by atomic mass is 79.9. The molecule has 0 spiro atoms. The van der Waals surface area contributed by atoms with Crippen molar-refractivity contribution in [1.29, 1.82) is 0 Å². The third kappa shape index (κ3) is 5.43. The fourth-order valence-corrected chi connectivity index (χ4v) is 1.85. The minimum absolute atomic E-state index is 1.15. The van der Waals surface area contributed by atoms with Gasteiger partial charge in [-0.25, -0.2) is 0 Å². The van der Waals surface area contributed by atoms with Crippen LogP contribution in [0.2, 0.25) is 0 Å². The van der Waals surface area contributed by atoms with E-state index in [2.05, 4.69) is 52.7 Å². The highest BCUT2D eigenvalue weighted by Gasteiger charge is 1.92. The van der Waals surface area contributed by atoms with E-state index in [1.807, 2.05) is 0 Å². The number of unbranched alkanes of at least 4 members (excludes halogenated alkanes) is 4. The number of rotatable bonds is 7. The summed E-state index contributed by atoms with van der Waals surface area (Å²) in [7, 11) is 0. The summed E-state index contributed by atoms with van der Waals surface area (Å²) in [4.78, 5) is 0. The fraction of sp³-hybridized carbons (Fsp3) is 0.462. The first-order valence-electron chi connectivity index (χ1n) is 5.37. The van der Waals surface area contributed by atoms with E-state index in [0.717, 1.165) is 5.33 Å². The van der Waals surface area contributed by atoms with Gasteiger partial charge in [-0.3, -0.25) is 0 Å². The predicted molar refractivity (Wildman–Crippen MR) is 66.7 cm³/mol. The van der Waals surface area contributed by atoms with Gasteiger partial charge >= 0.3 is 0 Å². The van der Waals surface area contributed by atoms with Crippen molar-refractivity contribution < 1.29 is 0 Å². The summed E-state index contributed by atoms with van der Waals surface area (Å²) in [5, 5.41) is 1.15. The molecule has 0 heterocycles. The molecular weight excluding hydrogens is 236 g/mol. The standard InChI is InChI=1S/C13H18Br/c14-12-8-3-1-2-5-9-13-10-6-4-7-11-13/h4,6-7,9-11H,1-3,5,8,12H2. The molecule has 0 fully saturated rings. The van der Waals surface area contributed by atoms with Crippen molar-refractivity contribution in [2.75, 3.05) is 5.33 Å². The number of hydrogen-bond donors (Lipinski definition) is 0. The van der Waals surface area contributed by atoms with E-state index in [1.165, 1.54) is 37.7 Å². The molecule has 1 aromatic rings. The summed E-state index contributed by atoms with van der Waals surface area (Å²) in [6.45, 7) is 0. The smallest absolute Gasteiger partial charge is 0.00313 e. The predicted octanol–water partition coefficient (Wildman–Crippen LogP) is 4.58. The summed E-state index contributed by atoms with van der Waals surface area (Å²) < 4.78 is 0. The van der Waals surface area contributed by atoms with Crippen LogP contribution in [-0.4, -0.2) is 5.33 Å². The van der Waals surface area contributed by atoms with Gasteiger partial charge in [0.1, 0.15) is 0 Å². The van der Waals surface area contributed by atoms with E-state index in [9.17, 15) is 0 Å². The summed E-state index contributed by atoms with van der Waals surface area (Å²) in [5.74, 6) is 0. The van der Waals surface area contributed by atoms with Crippen LogP contribution in [0.4, 0.5) is 0 Å². The molecule has 0 aliphatic rings. The largest absolute Gasteiger partial charge is 0.0928 e. The van der Waals surface area contributed by atoms with Gasteiger partial charge in [0, 0.05) is 5.33 Å². The summed E-state index contributed by atoms with van der Waals surface area (Å²) in [6, 6.07) is 10.6. The zero-order chi connectivity index (χ0) is 10.1. The Labute approximate surface area is 95.9 Å². The average molecular weight is 254 g/mol. The molecule has 0 unspecified atom stereocenters. The van der Waals surface area contributed by atoms with Gasteiger partial charge in [-0.05, 0) is 24.8 Å². The van der Waals surface area contributed by atoms with E-state index < -0.39 is 0 Å². The first kappa shape index (κ1) is 11.8. The molecule has 1 heteroatoms. The van der Waals surface area contributed by atoms with Crippen molar-refractivity contribution >= 4 is 15.9 Å². The Kier molecular flexibility index (Phi) is 6.77. The molecule has 14 heavy (non-hydrogen) atoms. The lowest BCUT2D eigenvalue weighted by Gasteiger charge is -2.00. The maximum absolute atomic E-state index is 3.45. The molecule has 77 valence electrons. The zero-order valence-corrected chi connectivity index (χ0v) is 10.2. The maximum atomic E-state index is 3.45. The average Bonchev–Trinajstić information content (AvgIpc) is 2.25. The van der Waals surface area contributed by atoms with Crippen molar-refractivity contribution in [2.45, 2.75) is 32.1 Å². The number of alkyl halides is 1. The van der Waals surface area contributed by atoms with Gasteiger partial charge in [-0.1, -0.05) is 65.5 Å². The molecule has 0 N–H and O–H groups in total. The molecule has 0 amide bonds. The van der Waals surface area contributed by atoms with Crippen LogP contribution >= 0.6 is 15.9 Å². The molecule has 0 saturated heterocycles. The first-order valence-corrected chi connectivity index (χ1v) is 6.50. The second-order valence-corrected chi connectivity index (χ2v) is 4.30. The lowest BCUT2D eigenvalue weighted by atomic mass is 10.1. The van der Waals surface area contributed by atoms with Crippen molar-refractivity contribution in [1.82, 2.24) is 0 Å². The summed E-state index contributed by atoms with van der Waals surface area (Å²) in [6.07, 6.45) is 8.89. The second kappa shape index (κ2) is 8.05. The molecular formula is C13H18Br. The Hall–Kier alpha value is -0.300. The molecule has 1 radical (unpaired) electrons. The van der Waals surface area contributed by atoms with Crippen LogP contribution in [0, 0.1) is 6.42 Å². The van der Waals surface area contributed by atoms with E-state index in [1.54, 1.807) is 0 Å². The van der Waals surface area contributed by atoms with Gasteiger partial charge in [-0.15, -0.1) is 0 Å².